The summed E-state index contributed by atoms with van der Waals surface area (Å²) in [6.07, 6.45) is -3.78. The van der Waals surface area contributed by atoms with Crippen LogP contribution in [-0.4, -0.2) is 34.5 Å². The van der Waals surface area contributed by atoms with Crippen LogP contribution in [-0.2, 0) is 11.0 Å². The maximum atomic E-state index is 12.9. The third-order valence-electron chi connectivity index (χ3n) is 3.51. The van der Waals surface area contributed by atoms with E-state index < -0.39 is 35.2 Å². The number of alkyl halides is 3. The van der Waals surface area contributed by atoms with Crippen molar-refractivity contribution in [3.8, 4) is 0 Å². The standard InChI is InChI=1S/C14H14F3NO3/c15-14(16,17)11-6-2-1-5-10(11)13(21)18-7-3-4-9(18)8-12(19)20/h1-2,5-6,9H,3-4,7-8H2,(H,19,20). The van der Waals surface area contributed by atoms with Gasteiger partial charge in [0.05, 0.1) is 17.5 Å². The van der Waals surface area contributed by atoms with E-state index in [0.717, 1.165) is 12.1 Å². The molecule has 1 atom stereocenters. The lowest BCUT2D eigenvalue weighted by Crippen LogP contribution is -2.37. The van der Waals surface area contributed by atoms with Crippen LogP contribution in [0.5, 0.6) is 0 Å². The van der Waals surface area contributed by atoms with E-state index in [2.05, 4.69) is 0 Å². The summed E-state index contributed by atoms with van der Waals surface area (Å²) in [6.45, 7) is 0.281. The number of aliphatic carboxylic acids is 1. The molecule has 4 nitrogen and oxygen atoms in total. The molecule has 1 N–H and O–H groups in total. The number of amides is 1. The Labute approximate surface area is 119 Å². The first-order valence-electron chi connectivity index (χ1n) is 6.49. The summed E-state index contributed by atoms with van der Waals surface area (Å²) in [5.74, 6) is -1.82. The fraction of sp³-hybridized carbons (Fsp3) is 0.429. The SMILES string of the molecule is O=C(O)CC1CCCN1C(=O)c1ccccc1C(F)(F)F. The van der Waals surface area contributed by atoms with Gasteiger partial charge in [-0.05, 0) is 25.0 Å². The maximum absolute atomic E-state index is 12.9. The minimum absolute atomic E-state index is 0.250. The van der Waals surface area contributed by atoms with E-state index >= 15 is 0 Å². The summed E-state index contributed by atoms with van der Waals surface area (Å²) in [5.41, 5.74) is -1.42. The van der Waals surface area contributed by atoms with Crippen LogP contribution in [0.25, 0.3) is 0 Å². The van der Waals surface area contributed by atoms with Gasteiger partial charge in [-0.2, -0.15) is 13.2 Å². The van der Waals surface area contributed by atoms with Crippen LogP contribution in [0.1, 0.15) is 35.2 Å². The van der Waals surface area contributed by atoms with Gasteiger partial charge in [0.25, 0.3) is 5.91 Å². The Hall–Kier alpha value is -2.05. The van der Waals surface area contributed by atoms with E-state index in [9.17, 15) is 22.8 Å². The summed E-state index contributed by atoms with van der Waals surface area (Å²) in [6, 6.07) is 4.02. The summed E-state index contributed by atoms with van der Waals surface area (Å²) in [7, 11) is 0. The highest BCUT2D eigenvalue weighted by Gasteiger charge is 2.38. The van der Waals surface area contributed by atoms with E-state index in [1.165, 1.54) is 17.0 Å². The Bertz CT molecular complexity index is 557. The van der Waals surface area contributed by atoms with Crippen LogP contribution < -0.4 is 0 Å². The molecule has 1 unspecified atom stereocenters. The number of carboxylic acid groups (broad SMARTS) is 1. The second-order valence-corrected chi connectivity index (χ2v) is 4.94. The second kappa shape index (κ2) is 5.75. The van der Waals surface area contributed by atoms with Crippen molar-refractivity contribution in [2.24, 2.45) is 0 Å². The number of nitrogens with zero attached hydrogens (tertiary/aromatic N) is 1. The number of benzene rings is 1. The molecular weight excluding hydrogens is 287 g/mol. The first kappa shape index (κ1) is 15.3. The molecule has 1 fully saturated rings. The average molecular weight is 301 g/mol. The average Bonchev–Trinajstić information content (AvgIpc) is 2.84. The molecule has 1 aromatic carbocycles. The van der Waals surface area contributed by atoms with E-state index in [-0.39, 0.29) is 13.0 Å². The molecule has 7 heteroatoms. The van der Waals surface area contributed by atoms with Crippen LogP contribution in [0, 0.1) is 0 Å². The molecule has 1 saturated heterocycles. The Morgan fingerprint density at radius 1 is 1.29 bits per heavy atom. The zero-order chi connectivity index (χ0) is 15.6. The molecule has 2 rings (SSSR count). The lowest BCUT2D eigenvalue weighted by atomic mass is 10.0. The summed E-state index contributed by atoms with van der Waals surface area (Å²) < 4.78 is 38.8. The van der Waals surface area contributed by atoms with Crippen molar-refractivity contribution >= 4 is 11.9 Å². The van der Waals surface area contributed by atoms with Crippen molar-refractivity contribution in [1.29, 1.82) is 0 Å². The van der Waals surface area contributed by atoms with Gasteiger partial charge in [-0.25, -0.2) is 0 Å². The number of rotatable bonds is 3. The van der Waals surface area contributed by atoms with Crippen molar-refractivity contribution < 1.29 is 27.9 Å². The molecule has 0 aromatic heterocycles. The van der Waals surface area contributed by atoms with Crippen molar-refractivity contribution in [3.63, 3.8) is 0 Å². The van der Waals surface area contributed by atoms with Crippen LogP contribution in [0.3, 0.4) is 0 Å². The zero-order valence-corrected chi connectivity index (χ0v) is 11.1. The maximum Gasteiger partial charge on any atom is 0.417 e. The summed E-state index contributed by atoms with van der Waals surface area (Å²) >= 11 is 0. The van der Waals surface area contributed by atoms with Gasteiger partial charge in [-0.3, -0.25) is 9.59 Å². The first-order chi connectivity index (χ1) is 9.80. The van der Waals surface area contributed by atoms with Gasteiger partial charge < -0.3 is 10.0 Å². The molecule has 1 aromatic rings. The van der Waals surface area contributed by atoms with Crippen molar-refractivity contribution in [3.05, 3.63) is 35.4 Å². The molecule has 21 heavy (non-hydrogen) atoms. The third-order valence-corrected chi connectivity index (χ3v) is 3.51. The Kier molecular flexibility index (Phi) is 4.20. The first-order valence-corrected chi connectivity index (χ1v) is 6.49. The molecule has 1 amide bonds. The predicted octanol–water partition coefficient (Wildman–Crippen LogP) is 2.78. The second-order valence-electron chi connectivity index (χ2n) is 4.94. The zero-order valence-electron chi connectivity index (χ0n) is 11.1. The monoisotopic (exact) mass is 301 g/mol. The number of carbonyl (C=O) groups excluding carboxylic acids is 1. The van der Waals surface area contributed by atoms with Crippen molar-refractivity contribution in [2.75, 3.05) is 6.54 Å². The molecule has 0 aliphatic carbocycles. The number of carboxylic acids is 1. The fourth-order valence-corrected chi connectivity index (χ4v) is 2.59. The molecule has 0 spiro atoms. The van der Waals surface area contributed by atoms with Gasteiger partial charge in [0, 0.05) is 12.6 Å². The number of likely N-dealkylation sites (tertiary alicyclic amines) is 1. The van der Waals surface area contributed by atoms with Crippen LogP contribution >= 0.6 is 0 Å². The Morgan fingerprint density at radius 3 is 2.57 bits per heavy atom. The third kappa shape index (κ3) is 3.34. The Morgan fingerprint density at radius 2 is 1.95 bits per heavy atom. The summed E-state index contributed by atoms with van der Waals surface area (Å²) in [5, 5.41) is 8.81. The van der Waals surface area contributed by atoms with Gasteiger partial charge in [0.2, 0.25) is 0 Å². The molecule has 1 aliphatic rings. The summed E-state index contributed by atoms with van der Waals surface area (Å²) in [4.78, 5) is 24.3. The number of hydrogen-bond acceptors (Lipinski definition) is 2. The van der Waals surface area contributed by atoms with Crippen molar-refractivity contribution in [2.45, 2.75) is 31.5 Å². The largest absolute Gasteiger partial charge is 0.481 e. The highest BCUT2D eigenvalue weighted by molar-refractivity contribution is 5.96. The topological polar surface area (TPSA) is 57.6 Å². The number of hydrogen-bond donors (Lipinski definition) is 1. The predicted molar refractivity (Wildman–Crippen MR) is 67.8 cm³/mol. The van der Waals surface area contributed by atoms with Gasteiger partial charge in [-0.1, -0.05) is 12.1 Å². The molecular formula is C14H14F3NO3. The molecule has 114 valence electrons. The van der Waals surface area contributed by atoms with Gasteiger partial charge in [0.1, 0.15) is 0 Å². The van der Waals surface area contributed by atoms with Crippen LogP contribution in [0.15, 0.2) is 24.3 Å². The van der Waals surface area contributed by atoms with Crippen LogP contribution in [0.2, 0.25) is 0 Å². The van der Waals surface area contributed by atoms with E-state index in [0.29, 0.717) is 12.8 Å². The highest BCUT2D eigenvalue weighted by Crippen LogP contribution is 2.33. The van der Waals surface area contributed by atoms with Crippen molar-refractivity contribution in [1.82, 2.24) is 4.90 Å². The quantitative estimate of drug-likeness (QED) is 0.934. The molecule has 0 radical (unpaired) electrons. The minimum Gasteiger partial charge on any atom is -0.481 e. The fourth-order valence-electron chi connectivity index (χ4n) is 2.59. The van der Waals surface area contributed by atoms with E-state index in [4.69, 9.17) is 5.11 Å². The molecule has 1 heterocycles. The van der Waals surface area contributed by atoms with Crippen LogP contribution in [0.4, 0.5) is 13.2 Å². The smallest absolute Gasteiger partial charge is 0.417 e. The van der Waals surface area contributed by atoms with Gasteiger partial charge in [-0.15, -0.1) is 0 Å². The minimum atomic E-state index is -4.62. The Balaban J connectivity index is 2.30. The van der Waals surface area contributed by atoms with E-state index in [1.807, 2.05) is 0 Å². The lowest BCUT2D eigenvalue weighted by molar-refractivity contribution is -0.139. The lowest BCUT2D eigenvalue weighted by Gasteiger charge is -2.25. The van der Waals surface area contributed by atoms with E-state index in [1.54, 1.807) is 0 Å². The molecule has 0 saturated carbocycles. The molecule has 0 bridgehead atoms. The highest BCUT2D eigenvalue weighted by atomic mass is 19.4. The number of carbonyl (C=O) groups is 2. The molecule has 1 aliphatic heterocycles. The van der Waals surface area contributed by atoms with Gasteiger partial charge >= 0.3 is 12.1 Å². The normalized spacial score (nSPS) is 18.8. The van der Waals surface area contributed by atoms with Gasteiger partial charge in [0.15, 0.2) is 0 Å². The number of halogens is 3.